The Kier molecular flexibility index (Phi) is 9.99. The van der Waals surface area contributed by atoms with Crippen LogP contribution in [-0.4, -0.2) is 0 Å². The summed E-state index contributed by atoms with van der Waals surface area (Å²) in [7, 11) is 0. The van der Waals surface area contributed by atoms with Gasteiger partial charge in [-0.2, -0.15) is 22.0 Å². The van der Waals surface area contributed by atoms with Crippen LogP contribution in [0.4, 0.5) is 52.7 Å². The summed E-state index contributed by atoms with van der Waals surface area (Å²) < 4.78 is 173. The first-order valence-electron chi connectivity index (χ1n) is 13.4. The highest BCUT2D eigenvalue weighted by molar-refractivity contribution is 5.66. The summed E-state index contributed by atoms with van der Waals surface area (Å²) in [5, 5.41) is 0. The van der Waals surface area contributed by atoms with Crippen LogP contribution in [0.15, 0.2) is 54.6 Å². The maximum Gasteiger partial charge on any atom is 0.432 e. The lowest BCUT2D eigenvalue weighted by atomic mass is 10.00. The van der Waals surface area contributed by atoms with E-state index in [0.29, 0.717) is 24.1 Å². The van der Waals surface area contributed by atoms with Crippen LogP contribution in [0.25, 0.3) is 11.1 Å². The van der Waals surface area contributed by atoms with E-state index in [0.717, 1.165) is 49.6 Å². The molecule has 0 radical (unpaired) electrons. The molecule has 0 aromatic heterocycles. The number of hydrogen-bond donors (Lipinski definition) is 0. The summed E-state index contributed by atoms with van der Waals surface area (Å²) in [6, 6.07) is 5.27. The van der Waals surface area contributed by atoms with Gasteiger partial charge in [0, 0.05) is 23.3 Å². The Labute approximate surface area is 254 Å². The Morgan fingerprint density at radius 2 is 1.17 bits per heavy atom. The molecule has 4 aromatic carbocycles. The van der Waals surface area contributed by atoms with Gasteiger partial charge in [-0.25, -0.2) is 30.7 Å². The fourth-order valence-electron chi connectivity index (χ4n) is 4.52. The monoisotopic (exact) mass is 660 g/mol. The van der Waals surface area contributed by atoms with Crippen molar-refractivity contribution >= 4 is 0 Å². The average molecular weight is 660 g/mol. The van der Waals surface area contributed by atoms with Gasteiger partial charge in [0.1, 0.15) is 57.6 Å². The highest BCUT2D eigenvalue weighted by atomic mass is 19.4. The molecule has 0 amide bonds. The Balaban J connectivity index is 1.58. The molecule has 0 N–H and O–H groups in total. The number of halogens is 12. The minimum atomic E-state index is -5.52. The normalized spacial score (nSPS) is 11.8. The summed E-state index contributed by atoms with van der Waals surface area (Å²) in [4.78, 5) is 0. The molecule has 46 heavy (non-hydrogen) atoms. The van der Waals surface area contributed by atoms with E-state index in [2.05, 4.69) is 16.6 Å². The lowest BCUT2D eigenvalue weighted by Gasteiger charge is -2.21. The van der Waals surface area contributed by atoms with Crippen LogP contribution in [0.2, 0.25) is 0 Å². The molecule has 1 nitrogen and oxygen atoms in total. The molecule has 0 saturated heterocycles. The van der Waals surface area contributed by atoms with Gasteiger partial charge < -0.3 is 4.74 Å². The lowest BCUT2D eigenvalue weighted by molar-refractivity contribution is -0.189. The largest absolute Gasteiger partial charge is 0.432 e. The lowest BCUT2D eigenvalue weighted by Crippen LogP contribution is -2.25. The molecule has 0 heterocycles. The number of rotatable bonds is 8. The van der Waals surface area contributed by atoms with Gasteiger partial charge in [0.15, 0.2) is 0 Å². The Morgan fingerprint density at radius 1 is 0.609 bits per heavy atom. The van der Waals surface area contributed by atoms with E-state index in [4.69, 9.17) is 0 Å². The summed E-state index contributed by atoms with van der Waals surface area (Å²) in [6.45, 7) is 1.98. The highest BCUT2D eigenvalue weighted by Crippen LogP contribution is 2.40. The van der Waals surface area contributed by atoms with Crippen molar-refractivity contribution in [3.8, 4) is 28.7 Å². The molecule has 4 rings (SSSR count). The van der Waals surface area contributed by atoms with E-state index in [9.17, 15) is 52.7 Å². The molecule has 0 saturated carbocycles. The highest BCUT2D eigenvalue weighted by Gasteiger charge is 2.43. The van der Waals surface area contributed by atoms with Crippen LogP contribution < -0.4 is 4.74 Å². The summed E-state index contributed by atoms with van der Waals surface area (Å²) >= 11 is 0. The molecule has 0 fully saturated rings. The minimum absolute atomic E-state index is 0.0967. The van der Waals surface area contributed by atoms with Crippen LogP contribution >= 0.6 is 0 Å². The van der Waals surface area contributed by atoms with Gasteiger partial charge in [0.2, 0.25) is 0 Å². The Hall–Kier alpha value is -4.60. The topological polar surface area (TPSA) is 9.23 Å². The molecule has 4 aromatic rings. The molecule has 0 spiro atoms. The standard InChI is InChI=1S/C33H20F12O/c1-2-3-4-5-18-11-24(35)22(25(36)12-18)9-7-17-6-8-21(23(34)10-17)19-13-26(37)31(27(38)14-19)33(44,45)46-20-15-28(39)30(29(40)16-20)32(41,42)43/h6,8,10-16H,2-5H2,1H3. The third kappa shape index (κ3) is 7.61. The molecular weight excluding hydrogens is 640 g/mol. The second-order valence-electron chi connectivity index (χ2n) is 10.0. The minimum Gasteiger partial charge on any atom is -0.429 e. The van der Waals surface area contributed by atoms with Crippen molar-refractivity contribution < 1.29 is 57.4 Å². The van der Waals surface area contributed by atoms with Gasteiger partial charge in [-0.3, -0.25) is 0 Å². The Bertz CT molecular complexity index is 1760. The second kappa shape index (κ2) is 13.4. The zero-order valence-electron chi connectivity index (χ0n) is 23.5. The smallest absolute Gasteiger partial charge is 0.429 e. The van der Waals surface area contributed by atoms with E-state index in [1.165, 1.54) is 0 Å². The van der Waals surface area contributed by atoms with E-state index >= 15 is 0 Å². The zero-order valence-corrected chi connectivity index (χ0v) is 23.5. The summed E-state index contributed by atoms with van der Waals surface area (Å²) in [5.74, 6) is -8.48. The van der Waals surface area contributed by atoms with Gasteiger partial charge in [-0.05, 0) is 60.4 Å². The first-order chi connectivity index (χ1) is 21.5. The second-order valence-corrected chi connectivity index (χ2v) is 10.0. The van der Waals surface area contributed by atoms with Crippen LogP contribution in [0.5, 0.6) is 5.75 Å². The Morgan fingerprint density at radius 3 is 1.70 bits per heavy atom. The first kappa shape index (κ1) is 34.3. The van der Waals surface area contributed by atoms with Crippen molar-refractivity contribution in [2.24, 2.45) is 0 Å². The SMILES string of the molecule is CCCCCc1cc(F)c(C#Cc2ccc(-c3cc(F)c(C(F)(F)Oc4cc(F)c(C(F)(F)F)c(F)c4)c(F)c3)c(F)c2)c(F)c1. The summed E-state index contributed by atoms with van der Waals surface area (Å²) in [5.41, 5.74) is -5.78. The number of unbranched alkanes of at least 4 members (excludes halogenated alkanes) is 2. The van der Waals surface area contributed by atoms with E-state index in [-0.39, 0.29) is 17.7 Å². The predicted octanol–water partition coefficient (Wildman–Crippen LogP) is 10.6. The van der Waals surface area contributed by atoms with Gasteiger partial charge >= 0.3 is 12.3 Å². The van der Waals surface area contributed by atoms with E-state index in [1.54, 1.807) is 0 Å². The molecule has 0 aliphatic rings. The number of alkyl halides is 5. The quantitative estimate of drug-likeness (QED) is 0.104. The maximum atomic E-state index is 14.9. The van der Waals surface area contributed by atoms with Crippen molar-refractivity contribution in [3.63, 3.8) is 0 Å². The van der Waals surface area contributed by atoms with Crippen LogP contribution in [0.1, 0.15) is 54.0 Å². The van der Waals surface area contributed by atoms with Gasteiger partial charge in [-0.15, -0.1) is 0 Å². The fraction of sp³-hybridized carbons (Fsp3) is 0.212. The van der Waals surface area contributed by atoms with Gasteiger partial charge in [0.05, 0.1) is 5.56 Å². The molecular formula is C33H20F12O. The average Bonchev–Trinajstić information content (AvgIpc) is 2.90. The third-order valence-corrected chi connectivity index (χ3v) is 6.66. The van der Waals surface area contributed by atoms with Crippen LogP contribution in [0.3, 0.4) is 0 Å². The third-order valence-electron chi connectivity index (χ3n) is 6.66. The zero-order chi connectivity index (χ0) is 34.0. The van der Waals surface area contributed by atoms with Crippen LogP contribution in [0, 0.1) is 52.6 Å². The van der Waals surface area contributed by atoms with Gasteiger partial charge in [-0.1, -0.05) is 37.7 Å². The molecule has 13 heteroatoms. The van der Waals surface area contributed by atoms with Gasteiger partial charge in [0.25, 0.3) is 0 Å². The number of benzene rings is 4. The van der Waals surface area contributed by atoms with Crippen molar-refractivity contribution in [3.05, 3.63) is 123 Å². The molecule has 0 atom stereocenters. The van der Waals surface area contributed by atoms with E-state index < -0.39 is 86.6 Å². The molecule has 0 aliphatic carbocycles. The number of aryl methyl sites for hydroxylation is 1. The first-order valence-corrected chi connectivity index (χ1v) is 13.4. The summed E-state index contributed by atoms with van der Waals surface area (Å²) in [6.07, 6.45) is -7.50. The molecule has 242 valence electrons. The van der Waals surface area contributed by atoms with E-state index in [1.807, 2.05) is 6.92 Å². The number of hydrogen-bond acceptors (Lipinski definition) is 1. The maximum absolute atomic E-state index is 14.9. The predicted molar refractivity (Wildman–Crippen MR) is 143 cm³/mol. The van der Waals surface area contributed by atoms with Crippen molar-refractivity contribution in [1.29, 1.82) is 0 Å². The van der Waals surface area contributed by atoms with Crippen molar-refractivity contribution in [2.75, 3.05) is 0 Å². The number of ether oxygens (including phenoxy) is 1. The van der Waals surface area contributed by atoms with Crippen molar-refractivity contribution in [2.45, 2.75) is 44.9 Å². The molecule has 0 unspecified atom stereocenters. The van der Waals surface area contributed by atoms with Crippen molar-refractivity contribution in [1.82, 2.24) is 0 Å². The fourth-order valence-corrected chi connectivity index (χ4v) is 4.52. The molecule has 0 bridgehead atoms. The van der Waals surface area contributed by atoms with Crippen LogP contribution in [-0.2, 0) is 18.7 Å². The molecule has 0 aliphatic heterocycles.